The van der Waals surface area contributed by atoms with E-state index < -0.39 is 5.97 Å². The number of rotatable bonds is 12. The van der Waals surface area contributed by atoms with Crippen molar-refractivity contribution < 1.29 is 9.53 Å². The molecule has 0 fully saturated rings. The number of carbonyl (C=O) groups is 1. The van der Waals surface area contributed by atoms with Gasteiger partial charge in [-0.05, 0) is 52.5 Å². The van der Waals surface area contributed by atoms with E-state index in [1.165, 1.54) is 6.08 Å². The number of allylic oxidation sites excluding steroid dienone is 1. The van der Waals surface area contributed by atoms with Crippen LogP contribution >= 0.6 is 0 Å². The molecule has 10 heteroatoms. The van der Waals surface area contributed by atoms with Crippen LogP contribution in [0.15, 0.2) is 102 Å². The molecule has 1 N–H and O–H groups in total. The highest BCUT2D eigenvalue weighted by Crippen LogP contribution is 2.30. The van der Waals surface area contributed by atoms with Crippen molar-refractivity contribution in [1.82, 2.24) is 34.7 Å². The number of esters is 1. The van der Waals surface area contributed by atoms with E-state index in [9.17, 15) is 9.59 Å². The minimum atomic E-state index is -0.439. The van der Waals surface area contributed by atoms with Gasteiger partial charge in [-0.15, -0.1) is 10.2 Å². The maximum atomic E-state index is 14.1. The van der Waals surface area contributed by atoms with Crippen molar-refractivity contribution in [2.75, 3.05) is 6.61 Å². The van der Waals surface area contributed by atoms with Gasteiger partial charge in [0.1, 0.15) is 11.3 Å². The average Bonchev–Trinajstić information content (AvgIpc) is 3.74. The number of H-pyrrole nitrogens is 1. The summed E-state index contributed by atoms with van der Waals surface area (Å²) in [5.74, 6) is 0.975. The van der Waals surface area contributed by atoms with Crippen LogP contribution in [-0.2, 0) is 29.0 Å². The van der Waals surface area contributed by atoms with Gasteiger partial charge >= 0.3 is 5.97 Å². The predicted molar refractivity (Wildman–Crippen MR) is 178 cm³/mol. The Morgan fingerprint density at radius 1 is 0.935 bits per heavy atom. The van der Waals surface area contributed by atoms with Crippen molar-refractivity contribution in [2.45, 2.75) is 46.2 Å². The monoisotopic (exact) mass is 613 g/mol. The number of imidazole rings is 1. The van der Waals surface area contributed by atoms with Gasteiger partial charge in [0.2, 0.25) is 5.82 Å². The largest absolute Gasteiger partial charge is 0.463 e. The fourth-order valence-electron chi connectivity index (χ4n) is 5.61. The molecule has 0 aliphatic heterocycles. The van der Waals surface area contributed by atoms with Crippen LogP contribution in [0.2, 0.25) is 0 Å². The zero-order valence-corrected chi connectivity index (χ0v) is 25.9. The molecule has 0 saturated carbocycles. The van der Waals surface area contributed by atoms with Crippen molar-refractivity contribution in [3.8, 4) is 22.5 Å². The lowest BCUT2D eigenvalue weighted by molar-refractivity contribution is -0.137. The fourth-order valence-corrected chi connectivity index (χ4v) is 5.61. The normalized spacial score (nSPS) is 11.7. The lowest BCUT2D eigenvalue weighted by Gasteiger charge is -2.13. The number of benzene rings is 3. The quantitative estimate of drug-likeness (QED) is 0.131. The second kappa shape index (κ2) is 14.0. The summed E-state index contributed by atoms with van der Waals surface area (Å²) in [6.07, 6.45) is 5.96. The van der Waals surface area contributed by atoms with Crippen LogP contribution < -0.4 is 5.56 Å². The number of carbonyl (C=O) groups excluding carboxylic acids is 1. The van der Waals surface area contributed by atoms with Crippen LogP contribution in [0, 0.1) is 0 Å². The molecule has 0 saturated heterocycles. The van der Waals surface area contributed by atoms with E-state index in [1.54, 1.807) is 17.7 Å². The summed E-state index contributed by atoms with van der Waals surface area (Å²) in [4.78, 5) is 31.5. The summed E-state index contributed by atoms with van der Waals surface area (Å²) in [6.45, 7) is 4.89. The Morgan fingerprint density at radius 3 is 2.41 bits per heavy atom. The molecular formula is C36H35N7O3. The standard InChI is InChI=1S/C36H35N7O3/c1-3-5-15-32-37-31-20-21-42(24-28(22-33(44)46-4-2)26-11-7-6-8-12-26)36(45)34(31)43(32)23-25-16-18-27(19-17-25)29-13-9-10-14-30(29)35-38-40-41-39-35/h6-14,16-22H,3-5,15,23-24H2,1-2H3,(H,38,39,40,41)/b28-22-. The van der Waals surface area contributed by atoms with Gasteiger partial charge < -0.3 is 13.9 Å². The molecule has 6 rings (SSSR count). The Labute approximate surface area is 266 Å². The number of nitrogens with one attached hydrogen (secondary N) is 1. The van der Waals surface area contributed by atoms with Crippen molar-refractivity contribution >= 4 is 22.6 Å². The molecule has 0 aliphatic rings. The zero-order chi connectivity index (χ0) is 31.9. The van der Waals surface area contributed by atoms with E-state index in [4.69, 9.17) is 9.72 Å². The fraction of sp³-hybridized carbons (Fsp3) is 0.222. The maximum Gasteiger partial charge on any atom is 0.331 e. The number of pyridine rings is 1. The maximum absolute atomic E-state index is 14.1. The second-order valence-corrected chi connectivity index (χ2v) is 11.0. The van der Waals surface area contributed by atoms with Gasteiger partial charge in [0, 0.05) is 30.8 Å². The molecule has 232 valence electrons. The summed E-state index contributed by atoms with van der Waals surface area (Å²) in [5, 5.41) is 14.6. The summed E-state index contributed by atoms with van der Waals surface area (Å²) in [7, 11) is 0. The smallest absolute Gasteiger partial charge is 0.331 e. The summed E-state index contributed by atoms with van der Waals surface area (Å²) < 4.78 is 8.88. The number of aromatic nitrogens is 7. The number of ether oxygens (including phenoxy) is 1. The number of tetrazole rings is 1. The molecule has 0 radical (unpaired) electrons. The molecular weight excluding hydrogens is 578 g/mol. The van der Waals surface area contributed by atoms with Crippen LogP contribution in [0.3, 0.4) is 0 Å². The van der Waals surface area contributed by atoms with Crippen LogP contribution in [0.1, 0.15) is 43.6 Å². The number of unbranched alkanes of at least 4 members (excludes halogenated alkanes) is 1. The Bertz CT molecular complexity index is 2030. The molecule has 0 atom stereocenters. The van der Waals surface area contributed by atoms with E-state index in [0.717, 1.165) is 52.9 Å². The summed E-state index contributed by atoms with van der Waals surface area (Å²) >= 11 is 0. The number of aryl methyl sites for hydroxylation is 1. The number of nitrogens with zero attached hydrogens (tertiary/aromatic N) is 6. The number of hydrogen-bond donors (Lipinski definition) is 1. The number of aromatic amines is 1. The topological polar surface area (TPSA) is 121 Å². The zero-order valence-electron chi connectivity index (χ0n) is 25.9. The highest BCUT2D eigenvalue weighted by atomic mass is 16.5. The molecule has 0 unspecified atom stereocenters. The van der Waals surface area contributed by atoms with Crippen LogP contribution in [-0.4, -0.2) is 47.3 Å². The number of hydrogen-bond acceptors (Lipinski definition) is 7. The lowest BCUT2D eigenvalue weighted by atomic mass is 9.98. The van der Waals surface area contributed by atoms with E-state index in [1.807, 2.05) is 65.2 Å². The van der Waals surface area contributed by atoms with Gasteiger partial charge in [0.15, 0.2) is 0 Å². The highest BCUT2D eigenvalue weighted by molar-refractivity contribution is 5.91. The first kappa shape index (κ1) is 30.4. The minimum absolute atomic E-state index is 0.163. The summed E-state index contributed by atoms with van der Waals surface area (Å²) in [5.41, 5.74) is 6.53. The third-order valence-corrected chi connectivity index (χ3v) is 7.89. The molecule has 0 bridgehead atoms. The van der Waals surface area contributed by atoms with Crippen LogP contribution in [0.4, 0.5) is 0 Å². The molecule has 0 aliphatic carbocycles. The van der Waals surface area contributed by atoms with Gasteiger partial charge in [0.25, 0.3) is 5.56 Å². The molecule has 10 nitrogen and oxygen atoms in total. The van der Waals surface area contributed by atoms with Crippen molar-refractivity contribution in [2.24, 2.45) is 0 Å². The van der Waals surface area contributed by atoms with E-state index in [-0.39, 0.29) is 18.7 Å². The van der Waals surface area contributed by atoms with E-state index in [0.29, 0.717) is 29.0 Å². The molecule has 3 aromatic heterocycles. The third kappa shape index (κ3) is 6.56. The van der Waals surface area contributed by atoms with E-state index in [2.05, 4.69) is 51.8 Å². The first-order valence-corrected chi connectivity index (χ1v) is 15.5. The molecule has 46 heavy (non-hydrogen) atoms. The first-order valence-electron chi connectivity index (χ1n) is 15.5. The van der Waals surface area contributed by atoms with Gasteiger partial charge in [-0.2, -0.15) is 5.21 Å². The van der Waals surface area contributed by atoms with Crippen LogP contribution in [0.25, 0.3) is 39.1 Å². The molecule has 0 spiro atoms. The summed E-state index contributed by atoms with van der Waals surface area (Å²) in [6, 6.07) is 27.7. The van der Waals surface area contributed by atoms with Crippen molar-refractivity contribution in [3.63, 3.8) is 0 Å². The molecule has 3 heterocycles. The Kier molecular flexibility index (Phi) is 9.24. The van der Waals surface area contributed by atoms with Gasteiger partial charge in [-0.3, -0.25) is 4.79 Å². The number of fused-ring (bicyclic) bond motifs is 1. The van der Waals surface area contributed by atoms with Crippen molar-refractivity contribution in [1.29, 1.82) is 0 Å². The molecule has 6 aromatic rings. The Balaban J connectivity index is 1.36. The lowest BCUT2D eigenvalue weighted by Crippen LogP contribution is -2.23. The Hall–Kier alpha value is -5.64. The van der Waals surface area contributed by atoms with Gasteiger partial charge in [0.05, 0.1) is 18.7 Å². The second-order valence-electron chi connectivity index (χ2n) is 11.0. The third-order valence-electron chi connectivity index (χ3n) is 7.89. The predicted octanol–water partition coefficient (Wildman–Crippen LogP) is 6.08. The Morgan fingerprint density at radius 2 is 1.70 bits per heavy atom. The average molecular weight is 614 g/mol. The van der Waals surface area contributed by atoms with Crippen molar-refractivity contribution in [3.05, 3.63) is 125 Å². The van der Waals surface area contributed by atoms with Gasteiger partial charge in [-0.25, -0.2) is 9.78 Å². The first-order chi connectivity index (χ1) is 22.6. The minimum Gasteiger partial charge on any atom is -0.463 e. The molecule has 3 aromatic carbocycles. The SMILES string of the molecule is CCCCc1nc2ccn(C/C(=C/C(=O)OCC)c3ccccc3)c(=O)c2n1Cc1ccc(-c2ccccc2-c2nn[nH]n2)cc1. The van der Waals surface area contributed by atoms with Gasteiger partial charge in [-0.1, -0.05) is 92.2 Å². The van der Waals surface area contributed by atoms with Crippen LogP contribution in [0.5, 0.6) is 0 Å². The highest BCUT2D eigenvalue weighted by Gasteiger charge is 2.18. The van der Waals surface area contributed by atoms with E-state index >= 15 is 0 Å². The molecule has 0 amide bonds.